The lowest BCUT2D eigenvalue weighted by Crippen LogP contribution is -2.41. The minimum absolute atomic E-state index is 0.253. The fourth-order valence-corrected chi connectivity index (χ4v) is 1.95. The zero-order valence-electron chi connectivity index (χ0n) is 10.2. The molecule has 2 N–H and O–H groups in total. The van der Waals surface area contributed by atoms with Crippen LogP contribution in [0.15, 0.2) is 16.7 Å². The molecule has 1 aromatic rings. The van der Waals surface area contributed by atoms with Crippen LogP contribution in [0.2, 0.25) is 0 Å². The van der Waals surface area contributed by atoms with Crippen LogP contribution in [0.1, 0.15) is 23.8 Å². The van der Waals surface area contributed by atoms with Crippen molar-refractivity contribution in [1.82, 2.24) is 9.88 Å². The highest BCUT2D eigenvalue weighted by Crippen LogP contribution is 2.20. The molecule has 19 heavy (non-hydrogen) atoms. The summed E-state index contributed by atoms with van der Waals surface area (Å²) in [6.07, 6.45) is -4.83. The summed E-state index contributed by atoms with van der Waals surface area (Å²) in [6.45, 7) is 1.64. The fraction of sp³-hybridized carbons (Fsp3) is 0.545. The molecule has 0 aliphatic rings. The van der Waals surface area contributed by atoms with E-state index in [4.69, 9.17) is 5.11 Å². The van der Waals surface area contributed by atoms with Crippen molar-refractivity contribution >= 4 is 21.8 Å². The van der Waals surface area contributed by atoms with Crippen LogP contribution in [0, 0.1) is 0 Å². The highest BCUT2D eigenvalue weighted by molar-refractivity contribution is 9.10. The Kier molecular flexibility index (Phi) is 5.42. The molecule has 1 heterocycles. The second-order valence-corrected chi connectivity index (χ2v) is 4.92. The van der Waals surface area contributed by atoms with Crippen LogP contribution in [0.4, 0.5) is 13.2 Å². The Morgan fingerprint density at radius 2 is 2.21 bits per heavy atom. The Bertz CT molecular complexity index is 446. The van der Waals surface area contributed by atoms with Crippen LogP contribution in [-0.4, -0.2) is 34.4 Å². The smallest absolute Gasteiger partial charge is 0.382 e. The molecule has 0 saturated heterocycles. The van der Waals surface area contributed by atoms with Gasteiger partial charge in [-0.25, -0.2) is 0 Å². The first-order valence-electron chi connectivity index (χ1n) is 5.64. The third-order valence-electron chi connectivity index (χ3n) is 2.39. The maximum atomic E-state index is 12.1. The number of halogens is 4. The molecule has 8 heteroatoms. The van der Waals surface area contributed by atoms with Crippen LogP contribution in [0.5, 0.6) is 0 Å². The van der Waals surface area contributed by atoms with Crippen LogP contribution >= 0.6 is 15.9 Å². The van der Waals surface area contributed by atoms with E-state index in [1.165, 1.54) is 6.07 Å². The second kappa shape index (κ2) is 6.42. The lowest BCUT2D eigenvalue weighted by molar-refractivity contribution is -0.201. The van der Waals surface area contributed by atoms with E-state index >= 15 is 0 Å². The van der Waals surface area contributed by atoms with Crippen molar-refractivity contribution < 1.29 is 23.1 Å². The Morgan fingerprint density at radius 3 is 2.74 bits per heavy atom. The molecule has 0 bridgehead atoms. The van der Waals surface area contributed by atoms with Gasteiger partial charge in [-0.15, -0.1) is 0 Å². The molecule has 1 aromatic heterocycles. The number of aromatic nitrogens is 1. The van der Waals surface area contributed by atoms with Crippen molar-refractivity contribution in [2.24, 2.45) is 0 Å². The average Bonchev–Trinajstić information content (AvgIpc) is 2.66. The number of hydrogen-bond acceptors (Lipinski definition) is 2. The van der Waals surface area contributed by atoms with Gasteiger partial charge in [-0.3, -0.25) is 4.79 Å². The molecular weight excluding hydrogens is 329 g/mol. The van der Waals surface area contributed by atoms with E-state index in [1.807, 2.05) is 6.92 Å². The van der Waals surface area contributed by atoms with Gasteiger partial charge < -0.3 is 15.0 Å². The van der Waals surface area contributed by atoms with Gasteiger partial charge in [0.1, 0.15) is 5.69 Å². The van der Waals surface area contributed by atoms with Gasteiger partial charge in [0.25, 0.3) is 5.91 Å². The van der Waals surface area contributed by atoms with E-state index in [0.717, 1.165) is 6.42 Å². The monoisotopic (exact) mass is 342 g/mol. The van der Waals surface area contributed by atoms with E-state index < -0.39 is 24.7 Å². The largest absolute Gasteiger partial charge is 0.416 e. The van der Waals surface area contributed by atoms with Crippen molar-refractivity contribution in [3.05, 3.63) is 22.4 Å². The summed E-state index contributed by atoms with van der Waals surface area (Å²) < 4.78 is 38.6. The Labute approximate surface area is 116 Å². The first kappa shape index (κ1) is 16.0. The molecule has 0 fully saturated rings. The van der Waals surface area contributed by atoms with Crippen molar-refractivity contribution in [1.29, 1.82) is 0 Å². The fourth-order valence-electron chi connectivity index (χ4n) is 1.49. The van der Waals surface area contributed by atoms with Crippen LogP contribution in [-0.2, 0) is 6.54 Å². The normalized spacial score (nSPS) is 13.4. The SMILES string of the molecule is CCCn1cc(Br)cc1C(=O)NCC(O)C(F)(F)F. The van der Waals surface area contributed by atoms with Gasteiger partial charge in [-0.1, -0.05) is 6.92 Å². The van der Waals surface area contributed by atoms with Crippen molar-refractivity contribution in [2.45, 2.75) is 32.2 Å². The third kappa shape index (κ3) is 4.54. The Morgan fingerprint density at radius 1 is 1.58 bits per heavy atom. The molecule has 0 aliphatic heterocycles. The molecule has 0 saturated carbocycles. The molecule has 0 spiro atoms. The highest BCUT2D eigenvalue weighted by atomic mass is 79.9. The van der Waals surface area contributed by atoms with Gasteiger partial charge in [0.05, 0.1) is 6.54 Å². The van der Waals surface area contributed by atoms with Crippen LogP contribution in [0.25, 0.3) is 0 Å². The van der Waals surface area contributed by atoms with Gasteiger partial charge in [-0.2, -0.15) is 13.2 Å². The van der Waals surface area contributed by atoms with E-state index in [2.05, 4.69) is 21.2 Å². The molecule has 108 valence electrons. The minimum atomic E-state index is -4.74. The summed E-state index contributed by atoms with van der Waals surface area (Å²) >= 11 is 3.20. The summed E-state index contributed by atoms with van der Waals surface area (Å²) in [7, 11) is 0. The molecule has 0 aromatic carbocycles. The third-order valence-corrected chi connectivity index (χ3v) is 2.83. The van der Waals surface area contributed by atoms with Crippen molar-refractivity contribution in [3.63, 3.8) is 0 Å². The van der Waals surface area contributed by atoms with E-state index in [0.29, 0.717) is 11.0 Å². The first-order chi connectivity index (χ1) is 8.75. The number of aryl methyl sites for hydroxylation is 1. The van der Waals surface area contributed by atoms with E-state index in [9.17, 15) is 18.0 Å². The second-order valence-electron chi connectivity index (χ2n) is 4.00. The molecule has 1 unspecified atom stereocenters. The quantitative estimate of drug-likeness (QED) is 0.862. The van der Waals surface area contributed by atoms with Gasteiger partial charge in [-0.05, 0) is 28.4 Å². The summed E-state index contributed by atoms with van der Waals surface area (Å²) in [5.41, 5.74) is 0.253. The zero-order valence-corrected chi connectivity index (χ0v) is 11.8. The molecule has 4 nitrogen and oxygen atoms in total. The maximum Gasteiger partial charge on any atom is 0.416 e. The number of nitrogens with one attached hydrogen (secondary N) is 1. The van der Waals surface area contributed by atoms with Crippen LogP contribution < -0.4 is 5.32 Å². The van der Waals surface area contributed by atoms with Crippen molar-refractivity contribution in [2.75, 3.05) is 6.54 Å². The summed E-state index contributed by atoms with van der Waals surface area (Å²) in [5, 5.41) is 10.9. The van der Waals surface area contributed by atoms with Crippen LogP contribution in [0.3, 0.4) is 0 Å². The van der Waals surface area contributed by atoms with Gasteiger partial charge in [0.2, 0.25) is 0 Å². The number of nitrogens with zero attached hydrogens (tertiary/aromatic N) is 1. The average molecular weight is 343 g/mol. The molecule has 1 rings (SSSR count). The Balaban J connectivity index is 2.68. The Hall–Kier alpha value is -1.02. The number of carbonyl (C=O) groups is 1. The molecular formula is C11H14BrF3N2O2. The lowest BCUT2D eigenvalue weighted by atomic mass is 10.3. The number of amides is 1. The number of hydrogen-bond donors (Lipinski definition) is 2. The lowest BCUT2D eigenvalue weighted by Gasteiger charge is -2.15. The number of rotatable bonds is 5. The number of aliphatic hydroxyl groups excluding tert-OH is 1. The molecule has 0 aliphatic carbocycles. The standard InChI is InChI=1S/C11H14BrF3N2O2/c1-2-3-17-6-7(12)4-8(17)10(19)16-5-9(18)11(13,14)15/h4,6,9,18H,2-3,5H2,1H3,(H,16,19). The summed E-state index contributed by atoms with van der Waals surface area (Å²) in [4.78, 5) is 11.8. The number of alkyl halides is 3. The van der Waals surface area contributed by atoms with Gasteiger partial charge in [0.15, 0.2) is 6.10 Å². The summed E-state index contributed by atoms with van der Waals surface area (Å²) in [6, 6.07) is 1.52. The summed E-state index contributed by atoms with van der Waals surface area (Å²) in [5.74, 6) is -0.651. The van der Waals surface area contributed by atoms with Gasteiger partial charge in [0, 0.05) is 17.2 Å². The first-order valence-corrected chi connectivity index (χ1v) is 6.43. The highest BCUT2D eigenvalue weighted by Gasteiger charge is 2.38. The number of aliphatic hydroxyl groups is 1. The maximum absolute atomic E-state index is 12.1. The zero-order chi connectivity index (χ0) is 14.6. The number of carbonyl (C=O) groups excluding carboxylic acids is 1. The van der Waals surface area contributed by atoms with Gasteiger partial charge >= 0.3 is 6.18 Å². The van der Waals surface area contributed by atoms with Crippen molar-refractivity contribution in [3.8, 4) is 0 Å². The van der Waals surface area contributed by atoms with E-state index in [1.54, 1.807) is 10.8 Å². The molecule has 1 atom stereocenters. The minimum Gasteiger partial charge on any atom is -0.382 e. The predicted molar refractivity (Wildman–Crippen MR) is 66.8 cm³/mol. The molecule has 1 amide bonds. The topological polar surface area (TPSA) is 54.3 Å². The van der Waals surface area contributed by atoms with E-state index in [-0.39, 0.29) is 5.69 Å². The predicted octanol–water partition coefficient (Wildman–Crippen LogP) is 2.31. The molecule has 0 radical (unpaired) electrons.